The molecule has 2 aliphatic heterocycles. The lowest BCUT2D eigenvalue weighted by Crippen LogP contribution is -2.62. The summed E-state index contributed by atoms with van der Waals surface area (Å²) in [7, 11) is 0. The summed E-state index contributed by atoms with van der Waals surface area (Å²) in [5.41, 5.74) is 0.0462. The lowest BCUT2D eigenvalue weighted by molar-refractivity contribution is -0.146. The second-order valence-corrected chi connectivity index (χ2v) is 12.0. The second-order valence-electron chi connectivity index (χ2n) is 12.0. The summed E-state index contributed by atoms with van der Waals surface area (Å²) in [6.45, 7) is 4.38. The first-order valence-electron chi connectivity index (χ1n) is 15.3. The van der Waals surface area contributed by atoms with Crippen molar-refractivity contribution >= 4 is 29.3 Å². The minimum Gasteiger partial charge on any atom is -0.347 e. The van der Waals surface area contributed by atoms with E-state index in [0.29, 0.717) is 30.8 Å². The third kappa shape index (κ3) is 8.20. The first-order valence-corrected chi connectivity index (χ1v) is 15.3. The maximum atomic E-state index is 13.6. The number of nitrogens with one attached hydrogen (secondary N) is 3. The van der Waals surface area contributed by atoms with Crippen molar-refractivity contribution in [3.8, 4) is 0 Å². The zero-order valence-electron chi connectivity index (χ0n) is 25.2. The quantitative estimate of drug-likeness (QED) is 0.415. The van der Waals surface area contributed by atoms with Gasteiger partial charge in [0.2, 0.25) is 23.6 Å². The Morgan fingerprint density at radius 3 is 2.29 bits per heavy atom. The van der Waals surface area contributed by atoms with Crippen LogP contribution >= 0.6 is 0 Å². The Morgan fingerprint density at radius 1 is 0.956 bits per heavy atom. The highest BCUT2D eigenvalue weighted by atomic mass is 19.4. The zero-order valence-corrected chi connectivity index (χ0v) is 25.2. The molecule has 2 saturated heterocycles. The summed E-state index contributed by atoms with van der Waals surface area (Å²) < 4.78 is 39.5. The van der Waals surface area contributed by atoms with Crippen LogP contribution in [-0.2, 0) is 25.4 Å². The molecule has 5 rings (SSSR count). The van der Waals surface area contributed by atoms with Gasteiger partial charge < -0.3 is 20.4 Å². The number of alkyl halides is 3. The van der Waals surface area contributed by atoms with E-state index in [0.717, 1.165) is 38.1 Å². The highest BCUT2D eigenvalue weighted by Crippen LogP contribution is 2.33. The molecular weight excluding hydrogens is 589 g/mol. The highest BCUT2D eigenvalue weighted by molar-refractivity contribution is 5.92. The predicted octanol–water partition coefficient (Wildman–Crippen LogP) is 2.98. The van der Waals surface area contributed by atoms with Gasteiger partial charge >= 0.3 is 6.18 Å². The summed E-state index contributed by atoms with van der Waals surface area (Å²) in [6, 6.07) is 12.4. The van der Waals surface area contributed by atoms with Crippen LogP contribution in [-0.4, -0.2) is 89.8 Å². The average Bonchev–Trinajstić information content (AvgIpc) is 3.02. The lowest BCUT2D eigenvalue weighted by atomic mass is 9.79. The molecule has 2 heterocycles. The number of halogens is 3. The molecule has 4 amide bonds. The summed E-state index contributed by atoms with van der Waals surface area (Å²) in [4.78, 5) is 57.1. The van der Waals surface area contributed by atoms with Crippen LogP contribution in [0.15, 0.2) is 54.6 Å². The number of nitrogens with zero attached hydrogens (tertiary/aromatic N) is 3. The molecular formula is C32H39F3N6O4. The molecule has 242 valence electrons. The Kier molecular flexibility index (Phi) is 10.1. The number of para-hydroxylation sites is 1. The second kappa shape index (κ2) is 14.0. The third-order valence-electron chi connectivity index (χ3n) is 9.03. The summed E-state index contributed by atoms with van der Waals surface area (Å²) in [6.07, 6.45) is -2.31. The molecule has 2 aromatic carbocycles. The number of piperazine rings is 1. The largest absolute Gasteiger partial charge is 0.416 e. The van der Waals surface area contributed by atoms with Crippen LogP contribution in [0.5, 0.6) is 0 Å². The topological polar surface area (TPSA) is 114 Å². The minimum absolute atomic E-state index is 0.0214. The number of fused-ring (bicyclic) bond motifs is 1. The van der Waals surface area contributed by atoms with Gasteiger partial charge in [0.05, 0.1) is 30.6 Å². The van der Waals surface area contributed by atoms with Crippen molar-refractivity contribution < 1.29 is 32.3 Å². The van der Waals surface area contributed by atoms with Crippen LogP contribution in [0.1, 0.15) is 49.8 Å². The Bertz CT molecular complexity index is 1370. The molecule has 4 atom stereocenters. The van der Waals surface area contributed by atoms with E-state index in [1.165, 1.54) is 17.0 Å². The summed E-state index contributed by atoms with van der Waals surface area (Å²) >= 11 is 0. The molecule has 1 aliphatic carbocycles. The molecule has 45 heavy (non-hydrogen) atoms. The fourth-order valence-electron chi connectivity index (χ4n) is 6.56. The maximum Gasteiger partial charge on any atom is 0.416 e. The van der Waals surface area contributed by atoms with Crippen LogP contribution in [0.2, 0.25) is 0 Å². The smallest absolute Gasteiger partial charge is 0.347 e. The average molecular weight is 629 g/mol. The van der Waals surface area contributed by atoms with Crippen LogP contribution < -0.4 is 16.0 Å². The first-order chi connectivity index (χ1) is 21.5. The molecule has 0 aromatic heterocycles. The van der Waals surface area contributed by atoms with E-state index in [1.54, 1.807) is 37.3 Å². The molecule has 13 heteroatoms. The zero-order chi connectivity index (χ0) is 32.1. The van der Waals surface area contributed by atoms with E-state index >= 15 is 0 Å². The number of benzene rings is 2. The maximum absolute atomic E-state index is 13.6. The van der Waals surface area contributed by atoms with Gasteiger partial charge in [-0.3, -0.25) is 29.4 Å². The monoisotopic (exact) mass is 628 g/mol. The normalized spacial score (nSPS) is 23.2. The van der Waals surface area contributed by atoms with E-state index in [9.17, 15) is 32.3 Å². The minimum atomic E-state index is -4.53. The van der Waals surface area contributed by atoms with Gasteiger partial charge in [0, 0.05) is 50.9 Å². The number of anilines is 1. The fraction of sp³-hybridized carbons (Fsp3) is 0.500. The molecule has 3 fully saturated rings. The number of hydrogen-bond acceptors (Lipinski definition) is 6. The van der Waals surface area contributed by atoms with Gasteiger partial charge in [-0.2, -0.15) is 13.2 Å². The van der Waals surface area contributed by atoms with Gasteiger partial charge in [0.25, 0.3) is 0 Å². The molecule has 0 bridgehead atoms. The molecule has 0 spiro atoms. The molecule has 0 radical (unpaired) electrons. The lowest BCUT2D eigenvalue weighted by Gasteiger charge is -2.47. The number of rotatable bonds is 8. The number of amides is 4. The van der Waals surface area contributed by atoms with E-state index in [2.05, 4.69) is 20.9 Å². The van der Waals surface area contributed by atoms with Crippen molar-refractivity contribution in [1.82, 2.24) is 25.3 Å². The summed E-state index contributed by atoms with van der Waals surface area (Å²) in [5.74, 6) is -1.29. The van der Waals surface area contributed by atoms with Crippen LogP contribution in [0, 0.1) is 5.92 Å². The molecule has 1 saturated carbocycles. The third-order valence-corrected chi connectivity index (χ3v) is 9.03. The van der Waals surface area contributed by atoms with Crippen molar-refractivity contribution in [3.63, 3.8) is 0 Å². The van der Waals surface area contributed by atoms with Crippen molar-refractivity contribution in [1.29, 1.82) is 0 Å². The van der Waals surface area contributed by atoms with E-state index < -0.39 is 29.6 Å². The van der Waals surface area contributed by atoms with Crippen molar-refractivity contribution in [2.24, 2.45) is 5.92 Å². The molecule has 3 N–H and O–H groups in total. The number of hydrogen-bond donors (Lipinski definition) is 3. The Hall–Kier alpha value is -3.97. The SMILES string of the molecule is CC(=O)N1CCN(C2CCC3NCN(CC(=O)NC(CC(=O)Nc4ccccc4)c4ccc(C(F)(F)F)cc4)C(=O)C3C2)CC1. The van der Waals surface area contributed by atoms with Gasteiger partial charge in [-0.15, -0.1) is 0 Å². The van der Waals surface area contributed by atoms with Crippen molar-refractivity contribution in [2.75, 3.05) is 44.7 Å². The number of carbonyl (C=O) groups excluding carboxylic acids is 4. The number of carbonyl (C=O) groups is 4. The molecule has 4 unspecified atom stereocenters. The van der Waals surface area contributed by atoms with Crippen LogP contribution in [0.4, 0.5) is 18.9 Å². The van der Waals surface area contributed by atoms with E-state index in [-0.39, 0.29) is 49.5 Å². The van der Waals surface area contributed by atoms with Gasteiger partial charge in [-0.1, -0.05) is 30.3 Å². The van der Waals surface area contributed by atoms with Crippen LogP contribution in [0.3, 0.4) is 0 Å². The van der Waals surface area contributed by atoms with Gasteiger partial charge in [0.15, 0.2) is 0 Å². The first kappa shape index (κ1) is 32.4. The van der Waals surface area contributed by atoms with Gasteiger partial charge in [-0.25, -0.2) is 0 Å². The van der Waals surface area contributed by atoms with E-state index in [1.807, 2.05) is 4.90 Å². The fourth-order valence-corrected chi connectivity index (χ4v) is 6.56. The Labute approximate surface area is 260 Å². The molecule has 2 aromatic rings. The Balaban J connectivity index is 1.22. The molecule has 10 nitrogen and oxygen atoms in total. The predicted molar refractivity (Wildman–Crippen MR) is 160 cm³/mol. The van der Waals surface area contributed by atoms with Crippen LogP contribution in [0.25, 0.3) is 0 Å². The van der Waals surface area contributed by atoms with E-state index in [4.69, 9.17) is 0 Å². The standard InChI is InChI=1S/C32H39F3N6O4/c1-21(42)39-13-15-40(16-14-39)25-11-12-27-26(17-25)31(45)41(20-36-27)19-30(44)38-28(18-29(43)37-24-5-3-2-4-6-24)22-7-9-23(10-8-22)32(33,34)35/h2-10,25-28,36H,11-20H2,1H3,(H,37,43)(H,38,44). The van der Waals surface area contributed by atoms with Crippen molar-refractivity contribution in [3.05, 3.63) is 65.7 Å². The summed E-state index contributed by atoms with van der Waals surface area (Å²) in [5, 5.41) is 8.92. The Morgan fingerprint density at radius 2 is 1.64 bits per heavy atom. The highest BCUT2D eigenvalue weighted by Gasteiger charge is 2.43. The molecule has 3 aliphatic rings. The van der Waals surface area contributed by atoms with Gasteiger partial charge in [-0.05, 0) is 49.1 Å². The van der Waals surface area contributed by atoms with Crippen molar-refractivity contribution in [2.45, 2.75) is 56.9 Å². The van der Waals surface area contributed by atoms with Gasteiger partial charge in [0.1, 0.15) is 6.54 Å².